The van der Waals surface area contributed by atoms with Gasteiger partial charge in [-0.2, -0.15) is 0 Å². The van der Waals surface area contributed by atoms with E-state index < -0.39 is 23.5 Å². The van der Waals surface area contributed by atoms with Crippen molar-refractivity contribution in [3.8, 4) is 5.75 Å². The Labute approximate surface area is 91.4 Å². The van der Waals surface area contributed by atoms with Gasteiger partial charge in [-0.05, 0) is 19.4 Å². The lowest BCUT2D eigenvalue weighted by Gasteiger charge is -2.15. The van der Waals surface area contributed by atoms with Crippen molar-refractivity contribution in [2.24, 2.45) is 0 Å². The van der Waals surface area contributed by atoms with Gasteiger partial charge in [0.25, 0.3) is 0 Å². The minimum absolute atomic E-state index is 0.255. The molecule has 1 heterocycles. The van der Waals surface area contributed by atoms with E-state index in [1.165, 1.54) is 7.11 Å². The number of nitrogens with one attached hydrogen (secondary N) is 1. The van der Waals surface area contributed by atoms with Crippen molar-refractivity contribution in [2.45, 2.75) is 18.9 Å². The van der Waals surface area contributed by atoms with Crippen molar-refractivity contribution in [3.05, 3.63) is 29.1 Å². The third-order valence-corrected chi connectivity index (χ3v) is 2.79. The van der Waals surface area contributed by atoms with Gasteiger partial charge in [0.2, 0.25) is 0 Å². The fourth-order valence-electron chi connectivity index (χ4n) is 1.98. The van der Waals surface area contributed by atoms with E-state index in [-0.39, 0.29) is 11.3 Å². The molecule has 2 rings (SSSR count). The predicted octanol–water partition coefficient (Wildman–Crippen LogP) is 2.54. The molecular formula is C11H12F3NO. The standard InChI is InChI=1S/C11H12F3NO/c1-16-8-5-6(12)10(13)9(11(8)14)7-3-2-4-15-7/h5,7,15H,2-4H2,1H3. The van der Waals surface area contributed by atoms with E-state index in [0.29, 0.717) is 13.0 Å². The van der Waals surface area contributed by atoms with E-state index in [2.05, 4.69) is 10.1 Å². The summed E-state index contributed by atoms with van der Waals surface area (Å²) in [5.74, 6) is -3.29. The summed E-state index contributed by atoms with van der Waals surface area (Å²) in [6.45, 7) is 0.683. The highest BCUT2D eigenvalue weighted by Crippen LogP contribution is 2.33. The molecule has 1 saturated heterocycles. The summed E-state index contributed by atoms with van der Waals surface area (Å²) in [6.07, 6.45) is 1.42. The van der Waals surface area contributed by atoms with Crippen molar-refractivity contribution in [2.75, 3.05) is 13.7 Å². The van der Waals surface area contributed by atoms with E-state index in [4.69, 9.17) is 0 Å². The number of halogens is 3. The van der Waals surface area contributed by atoms with Crippen molar-refractivity contribution < 1.29 is 17.9 Å². The van der Waals surface area contributed by atoms with Crippen LogP contribution in [0, 0.1) is 17.5 Å². The van der Waals surface area contributed by atoms with Gasteiger partial charge < -0.3 is 10.1 Å². The maximum atomic E-state index is 13.8. The van der Waals surface area contributed by atoms with Crippen LogP contribution in [0.5, 0.6) is 5.75 Å². The van der Waals surface area contributed by atoms with Crippen LogP contribution in [0.15, 0.2) is 6.07 Å². The minimum atomic E-state index is -1.13. The number of rotatable bonds is 2. The molecule has 16 heavy (non-hydrogen) atoms. The molecular weight excluding hydrogens is 219 g/mol. The molecule has 1 aliphatic rings. The van der Waals surface area contributed by atoms with E-state index in [0.717, 1.165) is 12.5 Å². The molecule has 1 aromatic rings. The summed E-state index contributed by atoms with van der Waals surface area (Å²) in [7, 11) is 1.22. The van der Waals surface area contributed by atoms with E-state index in [1.807, 2.05) is 0 Å². The number of methoxy groups -OCH3 is 1. The predicted molar refractivity (Wildman–Crippen MR) is 52.8 cm³/mol. The van der Waals surface area contributed by atoms with Crippen LogP contribution in [0.4, 0.5) is 13.2 Å². The van der Waals surface area contributed by atoms with Crippen molar-refractivity contribution in [1.82, 2.24) is 5.32 Å². The van der Waals surface area contributed by atoms with Gasteiger partial charge in [-0.1, -0.05) is 0 Å². The first-order valence-corrected chi connectivity index (χ1v) is 5.10. The van der Waals surface area contributed by atoms with Gasteiger partial charge in [-0.25, -0.2) is 13.2 Å². The van der Waals surface area contributed by atoms with Gasteiger partial charge in [0, 0.05) is 17.7 Å². The lowest BCUT2D eigenvalue weighted by molar-refractivity contribution is 0.365. The summed E-state index contributed by atoms with van der Waals surface area (Å²) in [6, 6.07) is 0.257. The molecule has 1 N–H and O–H groups in total. The summed E-state index contributed by atoms with van der Waals surface area (Å²) in [5.41, 5.74) is -0.255. The Balaban J connectivity index is 2.52. The quantitative estimate of drug-likeness (QED) is 0.790. The molecule has 1 fully saturated rings. The molecule has 0 radical (unpaired) electrons. The van der Waals surface area contributed by atoms with Gasteiger partial charge in [-0.3, -0.25) is 0 Å². The van der Waals surface area contributed by atoms with E-state index in [1.54, 1.807) is 0 Å². The highest BCUT2D eigenvalue weighted by Gasteiger charge is 2.28. The Morgan fingerprint density at radius 1 is 1.31 bits per heavy atom. The lowest BCUT2D eigenvalue weighted by atomic mass is 10.0. The average molecular weight is 231 g/mol. The monoisotopic (exact) mass is 231 g/mol. The maximum absolute atomic E-state index is 13.8. The fourth-order valence-corrected chi connectivity index (χ4v) is 1.98. The first kappa shape index (κ1) is 11.3. The maximum Gasteiger partial charge on any atom is 0.172 e. The Morgan fingerprint density at radius 2 is 2.06 bits per heavy atom. The number of hydrogen-bond acceptors (Lipinski definition) is 2. The zero-order valence-electron chi connectivity index (χ0n) is 8.82. The lowest BCUT2D eigenvalue weighted by Crippen LogP contribution is -2.17. The van der Waals surface area contributed by atoms with Crippen molar-refractivity contribution in [1.29, 1.82) is 0 Å². The van der Waals surface area contributed by atoms with Crippen LogP contribution in [0.1, 0.15) is 24.4 Å². The highest BCUT2D eigenvalue weighted by molar-refractivity contribution is 5.35. The summed E-state index contributed by atoms with van der Waals surface area (Å²) in [5, 5.41) is 2.93. The minimum Gasteiger partial charge on any atom is -0.494 e. The zero-order valence-corrected chi connectivity index (χ0v) is 8.82. The van der Waals surface area contributed by atoms with Crippen LogP contribution in [-0.2, 0) is 0 Å². The summed E-state index contributed by atoms with van der Waals surface area (Å²) >= 11 is 0. The van der Waals surface area contributed by atoms with Crippen LogP contribution in [0.25, 0.3) is 0 Å². The molecule has 2 nitrogen and oxygen atoms in total. The van der Waals surface area contributed by atoms with Crippen LogP contribution in [-0.4, -0.2) is 13.7 Å². The van der Waals surface area contributed by atoms with Crippen LogP contribution >= 0.6 is 0 Å². The SMILES string of the molecule is COc1cc(F)c(F)c(C2CCCN2)c1F. The van der Waals surface area contributed by atoms with Crippen molar-refractivity contribution in [3.63, 3.8) is 0 Å². The van der Waals surface area contributed by atoms with Crippen LogP contribution in [0.3, 0.4) is 0 Å². The summed E-state index contributed by atoms with van der Waals surface area (Å²) in [4.78, 5) is 0. The van der Waals surface area contributed by atoms with Crippen LogP contribution in [0.2, 0.25) is 0 Å². The third-order valence-electron chi connectivity index (χ3n) is 2.79. The second-order valence-electron chi connectivity index (χ2n) is 3.75. The first-order valence-electron chi connectivity index (χ1n) is 5.10. The largest absolute Gasteiger partial charge is 0.494 e. The molecule has 1 atom stereocenters. The molecule has 1 aromatic carbocycles. The smallest absolute Gasteiger partial charge is 0.172 e. The topological polar surface area (TPSA) is 21.3 Å². The average Bonchev–Trinajstić information content (AvgIpc) is 2.77. The number of benzene rings is 1. The van der Waals surface area contributed by atoms with Gasteiger partial charge in [0.1, 0.15) is 0 Å². The van der Waals surface area contributed by atoms with Gasteiger partial charge in [0.15, 0.2) is 23.2 Å². The molecule has 5 heteroatoms. The third kappa shape index (κ3) is 1.75. The van der Waals surface area contributed by atoms with Gasteiger partial charge in [0.05, 0.1) is 7.11 Å². The molecule has 0 saturated carbocycles. The van der Waals surface area contributed by atoms with E-state index >= 15 is 0 Å². The molecule has 0 aromatic heterocycles. The molecule has 1 aliphatic heterocycles. The molecule has 0 bridgehead atoms. The number of hydrogen-bond donors (Lipinski definition) is 1. The second kappa shape index (κ2) is 4.33. The molecule has 0 spiro atoms. The Bertz CT molecular complexity index is 403. The van der Waals surface area contributed by atoms with Crippen molar-refractivity contribution >= 4 is 0 Å². The molecule has 1 unspecified atom stereocenters. The normalized spacial score (nSPS) is 20.1. The first-order chi connectivity index (χ1) is 7.65. The van der Waals surface area contributed by atoms with Gasteiger partial charge >= 0.3 is 0 Å². The molecule has 0 amide bonds. The highest BCUT2D eigenvalue weighted by atomic mass is 19.2. The molecule has 0 aliphatic carbocycles. The Kier molecular flexibility index (Phi) is 3.05. The van der Waals surface area contributed by atoms with Gasteiger partial charge in [-0.15, -0.1) is 0 Å². The Hall–Kier alpha value is -1.23. The van der Waals surface area contributed by atoms with E-state index in [9.17, 15) is 13.2 Å². The van der Waals surface area contributed by atoms with Crippen LogP contribution < -0.4 is 10.1 Å². The number of ether oxygens (including phenoxy) is 1. The molecule has 88 valence electrons. The summed E-state index contributed by atoms with van der Waals surface area (Å²) < 4.78 is 45.2. The second-order valence-corrected chi connectivity index (χ2v) is 3.75. The zero-order chi connectivity index (χ0) is 11.7. The fraction of sp³-hybridized carbons (Fsp3) is 0.455. The Morgan fingerprint density at radius 3 is 2.62 bits per heavy atom.